The number of aromatic nitrogens is 3. The van der Waals surface area contributed by atoms with Crippen LogP contribution in [-0.2, 0) is 16.9 Å². The monoisotopic (exact) mass is 387 g/mol. The molecule has 148 valence electrons. The van der Waals surface area contributed by atoms with Gasteiger partial charge in [-0.15, -0.1) is 0 Å². The van der Waals surface area contributed by atoms with Crippen molar-refractivity contribution in [2.75, 3.05) is 18.2 Å². The highest BCUT2D eigenvalue weighted by atomic mass is 19.1. The second-order valence-electron chi connectivity index (χ2n) is 6.94. The Bertz CT molecular complexity index is 999. The van der Waals surface area contributed by atoms with Gasteiger partial charge >= 0.3 is 0 Å². The Morgan fingerprint density at radius 1 is 1.36 bits per heavy atom. The Kier molecular flexibility index (Phi) is 5.30. The number of halogens is 1. The highest BCUT2D eigenvalue weighted by Crippen LogP contribution is 2.31. The maximum Gasteiger partial charge on any atom is 0.258 e. The number of nitrogens with zero attached hydrogens (tertiary/aromatic N) is 3. The number of rotatable bonds is 6. The fourth-order valence-corrected chi connectivity index (χ4v) is 2.86. The lowest BCUT2D eigenvalue weighted by molar-refractivity contribution is -0.0467. The molecule has 1 aromatic carbocycles. The summed E-state index contributed by atoms with van der Waals surface area (Å²) in [5.74, 6) is -0.359. The van der Waals surface area contributed by atoms with Crippen LogP contribution in [0.3, 0.4) is 0 Å². The molecule has 0 spiro atoms. The molecular weight excluding hydrogens is 365 g/mol. The summed E-state index contributed by atoms with van der Waals surface area (Å²) in [6, 6.07) is 7.17. The van der Waals surface area contributed by atoms with Gasteiger partial charge in [-0.1, -0.05) is 12.1 Å². The van der Waals surface area contributed by atoms with E-state index in [0.29, 0.717) is 17.7 Å². The van der Waals surface area contributed by atoms with Gasteiger partial charge in [0.05, 0.1) is 23.1 Å². The number of carbonyl (C=O) groups excluding carboxylic acids is 1. The van der Waals surface area contributed by atoms with Crippen molar-refractivity contribution in [3.05, 3.63) is 47.9 Å². The summed E-state index contributed by atoms with van der Waals surface area (Å²) < 4.78 is 20.3. The van der Waals surface area contributed by atoms with E-state index in [1.165, 1.54) is 30.9 Å². The van der Waals surface area contributed by atoms with Gasteiger partial charge in [-0.3, -0.25) is 4.79 Å². The van der Waals surface area contributed by atoms with Gasteiger partial charge in [-0.2, -0.15) is 0 Å². The average Bonchev–Trinajstić information content (AvgIpc) is 3.05. The molecule has 0 aliphatic heterocycles. The maximum atomic E-state index is 13.8. The first-order valence-electron chi connectivity index (χ1n) is 8.59. The molecule has 8 nitrogen and oxygen atoms in total. The molecule has 9 heteroatoms. The van der Waals surface area contributed by atoms with Crippen LogP contribution in [0.5, 0.6) is 0 Å². The summed E-state index contributed by atoms with van der Waals surface area (Å²) in [5.41, 5.74) is 6.58. The molecule has 0 radical (unpaired) electrons. The van der Waals surface area contributed by atoms with Crippen molar-refractivity contribution < 1.29 is 19.0 Å². The zero-order valence-corrected chi connectivity index (χ0v) is 15.8. The summed E-state index contributed by atoms with van der Waals surface area (Å²) in [7, 11) is 1.60. The van der Waals surface area contributed by atoms with Crippen LogP contribution in [-0.4, -0.2) is 39.0 Å². The highest BCUT2D eigenvalue weighted by Gasteiger charge is 2.33. The predicted molar refractivity (Wildman–Crippen MR) is 103 cm³/mol. The Hall–Kier alpha value is -3.04. The molecule has 0 saturated heterocycles. The molecule has 0 bridgehead atoms. The average molecular weight is 387 g/mol. The molecule has 2 aromatic heterocycles. The number of nitrogens with one attached hydrogen (secondary N) is 1. The number of hydrogen-bond acceptors (Lipinski definition) is 6. The van der Waals surface area contributed by atoms with Gasteiger partial charge < -0.3 is 25.5 Å². The van der Waals surface area contributed by atoms with Crippen molar-refractivity contribution in [1.82, 2.24) is 14.5 Å². The number of nitrogen functional groups attached to an aromatic ring is 1. The Labute approximate surface area is 161 Å². The molecule has 28 heavy (non-hydrogen) atoms. The number of ether oxygens (including phenoxy) is 1. The van der Waals surface area contributed by atoms with Gasteiger partial charge in [0.2, 0.25) is 6.36 Å². The smallest absolute Gasteiger partial charge is 0.258 e. The number of aliphatic hydroxyl groups excluding tert-OH is 1. The third kappa shape index (κ3) is 3.54. The second kappa shape index (κ2) is 7.53. The second-order valence-corrected chi connectivity index (χ2v) is 6.94. The highest BCUT2D eigenvalue weighted by molar-refractivity contribution is 6.14. The number of carbonyl (C=O) groups is 1. The molecule has 0 aliphatic rings. The molecule has 3 aromatic rings. The summed E-state index contributed by atoms with van der Waals surface area (Å²) in [4.78, 5) is 21.0. The van der Waals surface area contributed by atoms with Crippen LogP contribution >= 0.6 is 0 Å². The third-order valence-electron chi connectivity index (χ3n) is 4.58. The largest absolute Gasteiger partial charge is 0.383 e. The van der Waals surface area contributed by atoms with Crippen LogP contribution < -0.4 is 11.1 Å². The van der Waals surface area contributed by atoms with Crippen LogP contribution in [0.4, 0.5) is 15.9 Å². The van der Waals surface area contributed by atoms with Crippen molar-refractivity contribution in [3.8, 4) is 0 Å². The summed E-state index contributed by atoms with van der Waals surface area (Å²) in [6.07, 6.45) is 0.474. The molecule has 0 fully saturated rings. The molecular formula is C19H22FN5O3. The zero-order chi connectivity index (χ0) is 20.5. The quantitative estimate of drug-likeness (QED) is 0.598. The molecule has 0 saturated carbocycles. The Morgan fingerprint density at radius 3 is 2.64 bits per heavy atom. The lowest BCUT2D eigenvalue weighted by Gasteiger charge is -2.27. The lowest BCUT2D eigenvalue weighted by Crippen LogP contribution is -2.36. The predicted octanol–water partition coefficient (Wildman–Crippen LogP) is 2.44. The first-order valence-corrected chi connectivity index (χ1v) is 8.59. The van der Waals surface area contributed by atoms with Gasteiger partial charge in [0.15, 0.2) is 0 Å². The summed E-state index contributed by atoms with van der Waals surface area (Å²) in [5, 5.41) is 12.6. The molecule has 0 aliphatic carbocycles. The van der Waals surface area contributed by atoms with Gasteiger partial charge in [0, 0.05) is 19.0 Å². The van der Waals surface area contributed by atoms with Gasteiger partial charge in [-0.05, 0) is 31.5 Å². The van der Waals surface area contributed by atoms with Crippen molar-refractivity contribution >= 4 is 28.4 Å². The first kappa shape index (κ1) is 19.7. The fraction of sp³-hybridized carbons (Fsp3) is 0.316. The lowest BCUT2D eigenvalue weighted by atomic mass is 10.1. The number of methoxy groups -OCH3 is 1. The zero-order valence-electron chi connectivity index (χ0n) is 15.8. The van der Waals surface area contributed by atoms with Crippen molar-refractivity contribution in [3.63, 3.8) is 0 Å². The third-order valence-corrected chi connectivity index (χ3v) is 4.58. The van der Waals surface area contributed by atoms with E-state index in [9.17, 15) is 14.3 Å². The SMILES string of the molecule is COCc1ccc(NC(=O)c2cn(C(C)(C)C(O)F)c3ncnc(N)c23)cc1. The van der Waals surface area contributed by atoms with E-state index in [0.717, 1.165) is 5.56 Å². The number of nitrogens with two attached hydrogens (primary N) is 1. The van der Waals surface area contributed by atoms with Crippen molar-refractivity contribution in [1.29, 1.82) is 0 Å². The normalized spacial score (nSPS) is 12.9. The Balaban J connectivity index is 2.01. The minimum absolute atomic E-state index is 0.0912. The summed E-state index contributed by atoms with van der Waals surface area (Å²) in [6.45, 7) is 3.45. The van der Waals surface area contributed by atoms with Gasteiger partial charge in [-0.25, -0.2) is 14.4 Å². The number of anilines is 2. The van der Waals surface area contributed by atoms with Crippen LogP contribution in [0, 0.1) is 0 Å². The van der Waals surface area contributed by atoms with Crippen molar-refractivity contribution in [2.45, 2.75) is 32.4 Å². The van der Waals surface area contributed by atoms with E-state index >= 15 is 0 Å². The molecule has 1 unspecified atom stereocenters. The number of amides is 1. The molecule has 3 rings (SSSR count). The van der Waals surface area contributed by atoms with E-state index < -0.39 is 17.8 Å². The fourth-order valence-electron chi connectivity index (χ4n) is 2.86. The van der Waals surface area contributed by atoms with E-state index in [2.05, 4.69) is 15.3 Å². The van der Waals surface area contributed by atoms with E-state index in [4.69, 9.17) is 10.5 Å². The maximum absolute atomic E-state index is 13.8. The van der Waals surface area contributed by atoms with E-state index in [1.54, 1.807) is 19.2 Å². The number of hydrogen-bond donors (Lipinski definition) is 3. The van der Waals surface area contributed by atoms with Gasteiger partial charge in [0.25, 0.3) is 5.91 Å². The minimum Gasteiger partial charge on any atom is -0.383 e. The van der Waals surface area contributed by atoms with Crippen LogP contribution in [0.25, 0.3) is 11.0 Å². The molecule has 2 heterocycles. The van der Waals surface area contributed by atoms with E-state index in [-0.39, 0.29) is 17.0 Å². The Morgan fingerprint density at radius 2 is 2.04 bits per heavy atom. The standard InChI is InChI=1S/C19H22FN5O3/c1-19(2,18(20)27)25-8-13(14-15(21)22-10-23-16(14)25)17(26)24-12-6-4-11(5-7-12)9-28-3/h4-8,10,18,27H,9H2,1-3H3,(H,24,26)(H2,21,22,23). The molecule has 1 amide bonds. The van der Waals surface area contributed by atoms with Crippen LogP contribution in [0.1, 0.15) is 29.8 Å². The van der Waals surface area contributed by atoms with Crippen LogP contribution in [0.15, 0.2) is 36.8 Å². The minimum atomic E-state index is -2.18. The number of benzene rings is 1. The topological polar surface area (TPSA) is 115 Å². The van der Waals surface area contributed by atoms with Gasteiger partial charge in [0.1, 0.15) is 17.8 Å². The van der Waals surface area contributed by atoms with Crippen LogP contribution in [0.2, 0.25) is 0 Å². The molecule has 1 atom stereocenters. The number of fused-ring (bicyclic) bond motifs is 1. The van der Waals surface area contributed by atoms with Crippen molar-refractivity contribution in [2.24, 2.45) is 0 Å². The first-order chi connectivity index (χ1) is 13.3. The number of alkyl halides is 1. The molecule has 4 N–H and O–H groups in total. The number of aliphatic hydroxyl groups is 1. The van der Waals surface area contributed by atoms with E-state index in [1.807, 2.05) is 12.1 Å². The summed E-state index contributed by atoms with van der Waals surface area (Å²) >= 11 is 0.